The number of aliphatic carboxylic acids is 2. The summed E-state index contributed by atoms with van der Waals surface area (Å²) in [5.74, 6) is -1.95. The van der Waals surface area contributed by atoms with Gasteiger partial charge in [-0.15, -0.1) is 0 Å². The van der Waals surface area contributed by atoms with Gasteiger partial charge < -0.3 is 20.4 Å². The first-order chi connectivity index (χ1) is 19.3. The first-order valence-corrected chi connectivity index (χ1v) is 12.9. The Bertz CT molecular complexity index is 1330. The second kappa shape index (κ2) is 13.4. The lowest BCUT2D eigenvalue weighted by Gasteiger charge is -2.26. The van der Waals surface area contributed by atoms with Gasteiger partial charge in [0.15, 0.2) is 0 Å². The third kappa shape index (κ3) is 7.92. The normalized spacial score (nSPS) is 11.2. The lowest BCUT2D eigenvalue weighted by Crippen LogP contribution is -2.39. The van der Waals surface area contributed by atoms with Crippen LogP contribution >= 0.6 is 0 Å². The minimum absolute atomic E-state index is 0.0557. The highest BCUT2D eigenvalue weighted by atomic mass is 16.4. The van der Waals surface area contributed by atoms with E-state index in [1.54, 1.807) is 34.1 Å². The molecule has 0 atom stereocenters. The van der Waals surface area contributed by atoms with Crippen molar-refractivity contribution in [2.75, 3.05) is 26.2 Å². The Hall–Kier alpha value is -4.66. The van der Waals surface area contributed by atoms with E-state index in [1.165, 1.54) is 0 Å². The van der Waals surface area contributed by atoms with Crippen molar-refractivity contribution in [3.05, 3.63) is 108 Å². The number of phenols is 2. The number of hydrogen-bond donors (Lipinski definition) is 4. The van der Waals surface area contributed by atoms with E-state index < -0.39 is 11.9 Å². The average Bonchev–Trinajstić information content (AvgIpc) is 2.94. The first kappa shape index (κ1) is 28.4. The van der Waals surface area contributed by atoms with Crippen LogP contribution in [0, 0.1) is 0 Å². The Morgan fingerprint density at radius 1 is 0.525 bits per heavy atom. The molecule has 8 heteroatoms. The Kier molecular flexibility index (Phi) is 9.51. The fourth-order valence-corrected chi connectivity index (χ4v) is 4.62. The van der Waals surface area contributed by atoms with Crippen molar-refractivity contribution >= 4 is 11.9 Å². The van der Waals surface area contributed by atoms with Gasteiger partial charge in [-0.1, -0.05) is 72.8 Å². The number of carbonyl (C=O) groups is 2. The molecule has 4 N–H and O–H groups in total. The quantitative estimate of drug-likeness (QED) is 0.189. The molecule has 0 spiro atoms. The molecule has 0 aromatic heterocycles. The van der Waals surface area contributed by atoms with Crippen LogP contribution in [0.4, 0.5) is 0 Å². The van der Waals surface area contributed by atoms with E-state index in [0.29, 0.717) is 11.1 Å². The molecule has 0 aliphatic carbocycles. The molecule has 0 aliphatic rings. The lowest BCUT2D eigenvalue weighted by atomic mass is 10.0. The van der Waals surface area contributed by atoms with Crippen LogP contribution in [-0.2, 0) is 22.7 Å². The summed E-state index contributed by atoms with van der Waals surface area (Å²) in [5, 5.41) is 40.1. The first-order valence-electron chi connectivity index (χ1n) is 12.9. The Morgan fingerprint density at radius 2 is 0.900 bits per heavy atom. The zero-order valence-corrected chi connectivity index (χ0v) is 22.0. The third-order valence-corrected chi connectivity index (χ3v) is 6.61. The van der Waals surface area contributed by atoms with Gasteiger partial charge in [-0.3, -0.25) is 19.4 Å². The van der Waals surface area contributed by atoms with E-state index in [2.05, 4.69) is 0 Å². The van der Waals surface area contributed by atoms with Crippen molar-refractivity contribution in [2.45, 2.75) is 13.1 Å². The summed E-state index contributed by atoms with van der Waals surface area (Å²) in [7, 11) is 0. The zero-order valence-electron chi connectivity index (χ0n) is 22.0. The van der Waals surface area contributed by atoms with E-state index in [9.17, 15) is 30.0 Å². The summed E-state index contributed by atoms with van der Waals surface area (Å²) in [6.45, 7) is 0.208. The number of hydrogen-bond acceptors (Lipinski definition) is 6. The largest absolute Gasteiger partial charge is 0.508 e. The fourth-order valence-electron chi connectivity index (χ4n) is 4.62. The fraction of sp³-hybridized carbons (Fsp3) is 0.188. The van der Waals surface area contributed by atoms with E-state index >= 15 is 0 Å². The molecular formula is C32H32N2O6. The van der Waals surface area contributed by atoms with Crippen molar-refractivity contribution in [3.8, 4) is 33.8 Å². The topological polar surface area (TPSA) is 122 Å². The minimum Gasteiger partial charge on any atom is -0.508 e. The van der Waals surface area contributed by atoms with Gasteiger partial charge in [-0.05, 0) is 46.5 Å². The Labute approximate surface area is 233 Å². The van der Waals surface area contributed by atoms with Gasteiger partial charge in [0.25, 0.3) is 0 Å². The van der Waals surface area contributed by atoms with Gasteiger partial charge in [0.2, 0.25) is 0 Å². The standard InChI is InChI=1S/C32H32N2O6/c35-29-13-11-25(23-7-3-1-4-8-23)17-27(29)19-33(21-31(37)38)15-16-34(22-32(39)40)20-28-18-26(12-14-30(28)36)24-9-5-2-6-10-24/h1-14,17-18,35-36H,15-16,19-22H2,(H,37,38)(H,39,40). The van der Waals surface area contributed by atoms with E-state index in [1.807, 2.05) is 72.8 Å². The molecule has 4 aromatic carbocycles. The summed E-state index contributed by atoms with van der Waals surface area (Å²) in [6, 6.07) is 29.8. The second-order valence-corrected chi connectivity index (χ2v) is 9.63. The van der Waals surface area contributed by atoms with Crippen LogP contribution in [0.15, 0.2) is 97.1 Å². The Morgan fingerprint density at radius 3 is 1.25 bits per heavy atom. The van der Waals surface area contributed by atoms with Crippen molar-refractivity contribution in [1.82, 2.24) is 9.80 Å². The van der Waals surface area contributed by atoms with Crippen LogP contribution < -0.4 is 0 Å². The molecule has 0 radical (unpaired) electrons. The number of aromatic hydroxyl groups is 2. The van der Waals surface area contributed by atoms with Gasteiger partial charge in [-0.2, -0.15) is 0 Å². The van der Waals surface area contributed by atoms with E-state index in [-0.39, 0.29) is 50.8 Å². The monoisotopic (exact) mass is 540 g/mol. The third-order valence-electron chi connectivity index (χ3n) is 6.61. The van der Waals surface area contributed by atoms with Gasteiger partial charge in [0.1, 0.15) is 11.5 Å². The molecular weight excluding hydrogens is 508 g/mol. The SMILES string of the molecule is O=C(O)CN(CCN(CC(=O)O)Cc1cc(-c2ccccc2)ccc1O)Cc1cc(-c2ccccc2)ccc1O. The summed E-state index contributed by atoms with van der Waals surface area (Å²) in [4.78, 5) is 26.6. The molecule has 0 saturated carbocycles. The average molecular weight is 541 g/mol. The summed E-state index contributed by atoms with van der Waals surface area (Å²) >= 11 is 0. The second-order valence-electron chi connectivity index (χ2n) is 9.63. The molecule has 0 bridgehead atoms. The van der Waals surface area contributed by atoms with Crippen LogP contribution in [0.2, 0.25) is 0 Å². The number of rotatable bonds is 13. The molecule has 0 heterocycles. The number of carboxylic acids is 2. The predicted molar refractivity (Wildman–Crippen MR) is 153 cm³/mol. The van der Waals surface area contributed by atoms with Crippen LogP contribution in [0.3, 0.4) is 0 Å². The van der Waals surface area contributed by atoms with Crippen molar-refractivity contribution in [3.63, 3.8) is 0 Å². The van der Waals surface area contributed by atoms with Gasteiger partial charge in [0, 0.05) is 37.3 Å². The predicted octanol–water partition coefficient (Wildman–Crippen LogP) is 4.91. The lowest BCUT2D eigenvalue weighted by molar-refractivity contribution is -0.140. The van der Waals surface area contributed by atoms with Gasteiger partial charge in [0.05, 0.1) is 13.1 Å². The Balaban J connectivity index is 1.51. The molecule has 0 saturated heterocycles. The maximum atomic E-state index is 11.7. The van der Waals surface area contributed by atoms with Crippen molar-refractivity contribution < 1.29 is 30.0 Å². The molecule has 40 heavy (non-hydrogen) atoms. The molecule has 206 valence electrons. The molecule has 0 amide bonds. The van der Waals surface area contributed by atoms with E-state index in [0.717, 1.165) is 22.3 Å². The van der Waals surface area contributed by atoms with Crippen LogP contribution in [0.25, 0.3) is 22.3 Å². The molecule has 0 aliphatic heterocycles. The zero-order chi connectivity index (χ0) is 28.5. The molecule has 4 aromatic rings. The van der Waals surface area contributed by atoms with Gasteiger partial charge >= 0.3 is 11.9 Å². The van der Waals surface area contributed by atoms with Crippen LogP contribution in [0.5, 0.6) is 11.5 Å². The van der Waals surface area contributed by atoms with Crippen LogP contribution in [-0.4, -0.2) is 68.3 Å². The molecule has 0 fully saturated rings. The highest BCUT2D eigenvalue weighted by Gasteiger charge is 2.18. The maximum absolute atomic E-state index is 11.7. The van der Waals surface area contributed by atoms with Crippen molar-refractivity contribution in [1.29, 1.82) is 0 Å². The summed E-state index contributed by atoms with van der Waals surface area (Å²) < 4.78 is 0. The number of carboxylic acid groups (broad SMARTS) is 2. The van der Waals surface area contributed by atoms with Gasteiger partial charge in [-0.25, -0.2) is 0 Å². The summed E-state index contributed by atoms with van der Waals surface area (Å²) in [6.07, 6.45) is 0. The molecule has 4 rings (SSSR count). The minimum atomic E-state index is -1.03. The smallest absolute Gasteiger partial charge is 0.317 e. The number of phenolic OH excluding ortho intramolecular Hbond substituents is 2. The maximum Gasteiger partial charge on any atom is 0.317 e. The highest BCUT2D eigenvalue weighted by molar-refractivity contribution is 5.70. The van der Waals surface area contributed by atoms with Crippen molar-refractivity contribution in [2.24, 2.45) is 0 Å². The number of benzene rings is 4. The highest BCUT2D eigenvalue weighted by Crippen LogP contribution is 2.28. The number of nitrogens with zero attached hydrogens (tertiary/aromatic N) is 2. The summed E-state index contributed by atoms with van der Waals surface area (Å²) in [5.41, 5.74) is 4.87. The van der Waals surface area contributed by atoms with E-state index in [4.69, 9.17) is 0 Å². The molecule has 0 unspecified atom stereocenters. The van der Waals surface area contributed by atoms with Crippen LogP contribution in [0.1, 0.15) is 11.1 Å². The molecule has 8 nitrogen and oxygen atoms in total.